The molecule has 0 radical (unpaired) electrons. The molecule has 0 spiro atoms. The molecule has 0 aliphatic carbocycles. The number of carboxylic acid groups (broad SMARTS) is 1. The predicted molar refractivity (Wildman–Crippen MR) is 48.5 cm³/mol. The monoisotopic (exact) mass is 180 g/mol. The number of hydrogen-bond donors (Lipinski definition) is 2. The predicted octanol–water partition coefficient (Wildman–Crippen LogP) is 1.24. The molecule has 3 heteroatoms. The molecule has 2 N–H and O–H groups in total. The van der Waals surface area contributed by atoms with Crippen LogP contribution in [0.15, 0.2) is 30.3 Å². The Morgan fingerprint density at radius 1 is 1.31 bits per heavy atom. The number of carboxylic acids is 1. The molecule has 0 saturated heterocycles. The van der Waals surface area contributed by atoms with Gasteiger partial charge in [-0.25, -0.2) is 0 Å². The number of hydrogen-bond acceptors (Lipinski definition) is 2. The van der Waals surface area contributed by atoms with Crippen molar-refractivity contribution >= 4 is 5.97 Å². The van der Waals surface area contributed by atoms with Gasteiger partial charge < -0.3 is 10.2 Å². The molecule has 0 fully saturated rings. The average molecular weight is 180 g/mol. The summed E-state index contributed by atoms with van der Waals surface area (Å²) in [7, 11) is 0. The Hall–Kier alpha value is -1.35. The fourth-order valence-corrected chi connectivity index (χ4v) is 1.29. The highest BCUT2D eigenvalue weighted by Crippen LogP contribution is 2.19. The highest BCUT2D eigenvalue weighted by molar-refractivity contribution is 5.76. The first-order valence-corrected chi connectivity index (χ1v) is 4.08. The average Bonchev–Trinajstić information content (AvgIpc) is 2.04. The van der Waals surface area contributed by atoms with Gasteiger partial charge in [0.05, 0.1) is 6.10 Å². The summed E-state index contributed by atoms with van der Waals surface area (Å²) in [5.41, 5.74) is 0.630. The van der Waals surface area contributed by atoms with Crippen molar-refractivity contribution in [3.05, 3.63) is 35.9 Å². The number of aliphatic hydroxyl groups excluding tert-OH is 1. The molecule has 70 valence electrons. The number of aliphatic carboxylic acids is 1. The Kier molecular flexibility index (Phi) is 3.03. The van der Waals surface area contributed by atoms with Crippen LogP contribution in [0.25, 0.3) is 0 Å². The summed E-state index contributed by atoms with van der Waals surface area (Å²) >= 11 is 0. The Morgan fingerprint density at radius 3 is 2.23 bits per heavy atom. The highest BCUT2D eigenvalue weighted by atomic mass is 16.4. The van der Waals surface area contributed by atoms with Gasteiger partial charge in [-0.3, -0.25) is 4.79 Å². The summed E-state index contributed by atoms with van der Waals surface area (Å²) in [6.07, 6.45) is -0.875. The molecular formula is C10H12O3. The zero-order valence-corrected chi connectivity index (χ0v) is 7.34. The number of aliphatic hydroxyl groups is 1. The van der Waals surface area contributed by atoms with Crippen molar-refractivity contribution in [1.29, 1.82) is 0 Å². The van der Waals surface area contributed by atoms with Gasteiger partial charge in [0.2, 0.25) is 0 Å². The van der Waals surface area contributed by atoms with E-state index in [2.05, 4.69) is 0 Å². The van der Waals surface area contributed by atoms with Crippen LogP contribution in [-0.2, 0) is 4.79 Å². The van der Waals surface area contributed by atoms with E-state index < -0.39 is 18.0 Å². The highest BCUT2D eigenvalue weighted by Gasteiger charge is 2.24. The number of carbonyl (C=O) groups is 1. The van der Waals surface area contributed by atoms with Crippen LogP contribution in [0, 0.1) is 0 Å². The van der Waals surface area contributed by atoms with E-state index in [0.717, 1.165) is 0 Å². The molecule has 0 aliphatic heterocycles. The zero-order valence-electron chi connectivity index (χ0n) is 7.34. The molecule has 13 heavy (non-hydrogen) atoms. The van der Waals surface area contributed by atoms with Gasteiger partial charge >= 0.3 is 5.97 Å². The third-order valence-corrected chi connectivity index (χ3v) is 1.91. The van der Waals surface area contributed by atoms with Crippen molar-refractivity contribution in [2.75, 3.05) is 0 Å². The molecule has 0 unspecified atom stereocenters. The van der Waals surface area contributed by atoms with Crippen LogP contribution in [-0.4, -0.2) is 22.3 Å². The largest absolute Gasteiger partial charge is 0.481 e. The molecular weight excluding hydrogens is 168 g/mol. The lowest BCUT2D eigenvalue weighted by Crippen LogP contribution is -2.23. The SMILES string of the molecule is C[C@H](O)[C@@H](C(=O)O)c1ccccc1. The van der Waals surface area contributed by atoms with Crippen molar-refractivity contribution < 1.29 is 15.0 Å². The van der Waals surface area contributed by atoms with Gasteiger partial charge in [-0.05, 0) is 12.5 Å². The van der Waals surface area contributed by atoms with Gasteiger partial charge in [0.1, 0.15) is 5.92 Å². The minimum absolute atomic E-state index is 0.630. The van der Waals surface area contributed by atoms with E-state index in [9.17, 15) is 9.90 Å². The van der Waals surface area contributed by atoms with E-state index in [0.29, 0.717) is 5.56 Å². The van der Waals surface area contributed by atoms with Crippen molar-refractivity contribution in [2.24, 2.45) is 0 Å². The summed E-state index contributed by atoms with van der Waals surface area (Å²) in [4.78, 5) is 10.8. The number of benzene rings is 1. The van der Waals surface area contributed by atoms with Crippen LogP contribution < -0.4 is 0 Å². The molecule has 0 amide bonds. The van der Waals surface area contributed by atoms with Crippen molar-refractivity contribution in [2.45, 2.75) is 18.9 Å². The lowest BCUT2D eigenvalue weighted by Gasteiger charge is -2.14. The smallest absolute Gasteiger partial charge is 0.313 e. The van der Waals surface area contributed by atoms with E-state index in [1.807, 2.05) is 6.07 Å². The van der Waals surface area contributed by atoms with E-state index in [4.69, 9.17) is 5.11 Å². The standard InChI is InChI=1S/C10H12O3/c1-7(11)9(10(12)13)8-5-3-2-4-6-8/h2-7,9,11H,1H3,(H,12,13)/t7-,9+/m0/s1. The van der Waals surface area contributed by atoms with Gasteiger partial charge in [0, 0.05) is 0 Å². The van der Waals surface area contributed by atoms with Crippen LogP contribution in [0.3, 0.4) is 0 Å². The quantitative estimate of drug-likeness (QED) is 0.735. The second-order valence-corrected chi connectivity index (χ2v) is 2.97. The Bertz CT molecular complexity index is 279. The minimum atomic E-state index is -0.999. The van der Waals surface area contributed by atoms with Crippen molar-refractivity contribution in [3.63, 3.8) is 0 Å². The van der Waals surface area contributed by atoms with Gasteiger partial charge in [-0.15, -0.1) is 0 Å². The van der Waals surface area contributed by atoms with Crippen LogP contribution in [0.2, 0.25) is 0 Å². The molecule has 2 atom stereocenters. The fraction of sp³-hybridized carbons (Fsp3) is 0.300. The molecule has 1 aromatic rings. The summed E-state index contributed by atoms with van der Waals surface area (Å²) in [6.45, 7) is 1.48. The van der Waals surface area contributed by atoms with E-state index in [1.54, 1.807) is 24.3 Å². The zero-order chi connectivity index (χ0) is 9.84. The lowest BCUT2D eigenvalue weighted by molar-refractivity contribution is -0.141. The fourth-order valence-electron chi connectivity index (χ4n) is 1.29. The Balaban J connectivity index is 2.96. The normalized spacial score (nSPS) is 14.9. The van der Waals surface area contributed by atoms with Gasteiger partial charge in [-0.2, -0.15) is 0 Å². The minimum Gasteiger partial charge on any atom is -0.481 e. The van der Waals surface area contributed by atoms with Gasteiger partial charge in [-0.1, -0.05) is 30.3 Å². The lowest BCUT2D eigenvalue weighted by atomic mass is 9.95. The molecule has 3 nitrogen and oxygen atoms in total. The molecule has 0 heterocycles. The summed E-state index contributed by atoms with van der Waals surface area (Å²) in [5.74, 6) is -1.83. The maximum absolute atomic E-state index is 10.8. The summed E-state index contributed by atoms with van der Waals surface area (Å²) in [5, 5.41) is 18.1. The van der Waals surface area contributed by atoms with E-state index in [-0.39, 0.29) is 0 Å². The van der Waals surface area contributed by atoms with Crippen LogP contribution in [0.4, 0.5) is 0 Å². The first kappa shape index (κ1) is 9.74. The third kappa shape index (κ3) is 2.29. The molecule has 0 saturated carbocycles. The van der Waals surface area contributed by atoms with E-state index in [1.165, 1.54) is 6.92 Å². The second kappa shape index (κ2) is 4.05. The van der Waals surface area contributed by atoms with E-state index >= 15 is 0 Å². The first-order chi connectivity index (χ1) is 6.13. The van der Waals surface area contributed by atoms with Crippen molar-refractivity contribution in [3.8, 4) is 0 Å². The number of rotatable bonds is 3. The summed E-state index contributed by atoms with van der Waals surface area (Å²) in [6, 6.07) is 8.72. The first-order valence-electron chi connectivity index (χ1n) is 4.08. The second-order valence-electron chi connectivity index (χ2n) is 2.97. The Labute approximate surface area is 76.6 Å². The molecule has 0 aromatic heterocycles. The molecule has 0 aliphatic rings. The molecule has 1 rings (SSSR count). The van der Waals surface area contributed by atoms with Crippen LogP contribution in [0.1, 0.15) is 18.4 Å². The summed E-state index contributed by atoms with van der Waals surface area (Å²) < 4.78 is 0. The third-order valence-electron chi connectivity index (χ3n) is 1.91. The maximum Gasteiger partial charge on any atom is 0.313 e. The van der Waals surface area contributed by atoms with Gasteiger partial charge in [0.15, 0.2) is 0 Å². The topological polar surface area (TPSA) is 57.5 Å². The maximum atomic E-state index is 10.8. The molecule has 1 aromatic carbocycles. The van der Waals surface area contributed by atoms with Crippen LogP contribution in [0.5, 0.6) is 0 Å². The van der Waals surface area contributed by atoms with Gasteiger partial charge in [0.25, 0.3) is 0 Å². The Morgan fingerprint density at radius 2 is 1.85 bits per heavy atom. The van der Waals surface area contributed by atoms with Crippen LogP contribution >= 0.6 is 0 Å². The molecule has 0 bridgehead atoms. The van der Waals surface area contributed by atoms with Crippen molar-refractivity contribution in [1.82, 2.24) is 0 Å².